The smallest absolute Gasteiger partial charge is 0.357 e. The molecule has 0 spiro atoms. The number of amides is 1. The van der Waals surface area contributed by atoms with E-state index in [0.717, 1.165) is 47.5 Å². The van der Waals surface area contributed by atoms with Crippen molar-refractivity contribution >= 4 is 40.7 Å². The average Bonchev–Trinajstić information content (AvgIpc) is 3.15. The molecule has 6 nitrogen and oxygen atoms in total. The molecule has 3 aromatic carbocycles. The molecule has 1 amide bonds. The second-order valence-corrected chi connectivity index (χ2v) is 9.25. The molecule has 0 aliphatic carbocycles. The highest BCUT2D eigenvalue weighted by atomic mass is 16.4. The van der Waals surface area contributed by atoms with Gasteiger partial charge in [0, 0.05) is 17.9 Å². The zero-order valence-electron chi connectivity index (χ0n) is 20.1. The summed E-state index contributed by atoms with van der Waals surface area (Å²) in [6.45, 7) is 6.88. The minimum absolute atomic E-state index is 0.0859. The van der Waals surface area contributed by atoms with Gasteiger partial charge in [0.25, 0.3) is 5.91 Å². The Morgan fingerprint density at radius 3 is 2.31 bits per heavy atom. The summed E-state index contributed by atoms with van der Waals surface area (Å²) < 4.78 is 0. The average molecular weight is 466 g/mol. The predicted molar refractivity (Wildman–Crippen MR) is 139 cm³/mol. The molecule has 35 heavy (non-hydrogen) atoms. The number of aliphatic carboxylic acids is 1. The summed E-state index contributed by atoms with van der Waals surface area (Å²) in [6, 6.07) is 20.2. The first-order valence-electron chi connectivity index (χ1n) is 11.7. The number of carbonyl (C=O) groups is 2. The number of carboxylic acids is 1. The van der Waals surface area contributed by atoms with Gasteiger partial charge in [0.2, 0.25) is 0 Å². The molecular formula is C29H27N3O3. The summed E-state index contributed by atoms with van der Waals surface area (Å²) in [7, 11) is 0. The van der Waals surface area contributed by atoms with E-state index in [-0.39, 0.29) is 11.3 Å². The molecule has 2 aliphatic rings. The number of hydrogen-bond donors (Lipinski definition) is 1. The lowest BCUT2D eigenvalue weighted by Gasteiger charge is -2.31. The normalized spacial score (nSPS) is 16.5. The highest BCUT2D eigenvalue weighted by Gasteiger charge is 2.35. The van der Waals surface area contributed by atoms with Crippen LogP contribution in [-0.4, -0.2) is 29.2 Å². The summed E-state index contributed by atoms with van der Waals surface area (Å²) in [5.41, 5.74) is 7.84. The third-order valence-electron chi connectivity index (χ3n) is 6.41. The minimum Gasteiger partial charge on any atom is -0.476 e. The number of benzene rings is 3. The van der Waals surface area contributed by atoms with Crippen LogP contribution in [0.25, 0.3) is 6.08 Å². The topological polar surface area (TPSA) is 73.2 Å². The monoisotopic (exact) mass is 465 g/mol. The Morgan fingerprint density at radius 1 is 0.914 bits per heavy atom. The molecule has 0 radical (unpaired) electrons. The molecule has 2 aliphatic heterocycles. The van der Waals surface area contributed by atoms with Crippen molar-refractivity contribution in [1.29, 1.82) is 0 Å². The van der Waals surface area contributed by atoms with Gasteiger partial charge in [-0.05, 0) is 98.3 Å². The molecule has 0 unspecified atom stereocenters. The zero-order valence-corrected chi connectivity index (χ0v) is 20.1. The van der Waals surface area contributed by atoms with E-state index in [4.69, 9.17) is 0 Å². The highest BCUT2D eigenvalue weighted by molar-refractivity contribution is 6.53. The van der Waals surface area contributed by atoms with Crippen LogP contribution in [0.4, 0.5) is 17.1 Å². The molecule has 6 heteroatoms. The highest BCUT2D eigenvalue weighted by Crippen LogP contribution is 2.35. The van der Waals surface area contributed by atoms with Gasteiger partial charge in [0.05, 0.1) is 11.3 Å². The van der Waals surface area contributed by atoms with E-state index in [1.807, 2.05) is 38.1 Å². The van der Waals surface area contributed by atoms with Gasteiger partial charge in [-0.3, -0.25) is 4.79 Å². The lowest BCUT2D eigenvalue weighted by Crippen LogP contribution is -2.24. The number of aryl methyl sites for hydroxylation is 4. The summed E-state index contributed by atoms with van der Waals surface area (Å²) >= 11 is 0. The summed E-state index contributed by atoms with van der Waals surface area (Å²) in [6.07, 6.45) is 3.59. The molecule has 0 bridgehead atoms. The van der Waals surface area contributed by atoms with Gasteiger partial charge < -0.3 is 10.0 Å². The second kappa shape index (κ2) is 8.87. The SMILES string of the molecule is Cc1ccc(N2CCCc3cc(C=C4C(=O)N(c5cc(C)cc(C)c5)N=C4C(=O)O)ccc32)cc1. The van der Waals surface area contributed by atoms with Crippen molar-refractivity contribution in [3.8, 4) is 0 Å². The maximum absolute atomic E-state index is 13.3. The number of carboxylic acid groups (broad SMARTS) is 1. The maximum Gasteiger partial charge on any atom is 0.357 e. The Bertz CT molecular complexity index is 1380. The molecular weight excluding hydrogens is 438 g/mol. The molecule has 2 heterocycles. The van der Waals surface area contributed by atoms with Crippen LogP contribution in [0.15, 0.2) is 71.3 Å². The summed E-state index contributed by atoms with van der Waals surface area (Å²) in [4.78, 5) is 27.5. The molecule has 1 N–H and O–H groups in total. The van der Waals surface area contributed by atoms with E-state index in [1.54, 1.807) is 6.08 Å². The zero-order chi connectivity index (χ0) is 24.7. The standard InChI is InChI=1S/C29H27N3O3/c1-18-6-9-23(10-7-18)31-12-4-5-22-16-21(8-11-26(22)31)17-25-27(29(34)35)30-32(28(25)33)24-14-19(2)13-20(3)15-24/h6-11,13-17H,4-5,12H2,1-3H3,(H,34,35). The quantitative estimate of drug-likeness (QED) is 0.512. The van der Waals surface area contributed by atoms with Crippen LogP contribution in [0, 0.1) is 20.8 Å². The van der Waals surface area contributed by atoms with E-state index in [0.29, 0.717) is 5.69 Å². The van der Waals surface area contributed by atoms with Crippen molar-refractivity contribution in [3.05, 3.63) is 94.1 Å². The Morgan fingerprint density at radius 2 is 1.63 bits per heavy atom. The fraction of sp³-hybridized carbons (Fsp3) is 0.207. The van der Waals surface area contributed by atoms with Crippen LogP contribution in [0.1, 0.15) is 34.2 Å². The van der Waals surface area contributed by atoms with Crippen molar-refractivity contribution in [2.24, 2.45) is 5.10 Å². The molecule has 0 fully saturated rings. The Labute approximate surface area is 204 Å². The Balaban J connectivity index is 1.50. The van der Waals surface area contributed by atoms with Crippen molar-refractivity contribution in [2.75, 3.05) is 16.5 Å². The maximum atomic E-state index is 13.3. The first kappa shape index (κ1) is 22.6. The van der Waals surface area contributed by atoms with Crippen LogP contribution in [0.3, 0.4) is 0 Å². The van der Waals surface area contributed by atoms with E-state index in [9.17, 15) is 14.7 Å². The number of carbonyl (C=O) groups excluding carboxylic acids is 1. The number of nitrogens with zero attached hydrogens (tertiary/aromatic N) is 3. The minimum atomic E-state index is -1.22. The van der Waals surface area contributed by atoms with E-state index < -0.39 is 11.9 Å². The van der Waals surface area contributed by atoms with E-state index >= 15 is 0 Å². The number of hydrazone groups is 1. The summed E-state index contributed by atoms with van der Waals surface area (Å²) in [5, 5.41) is 15.1. The van der Waals surface area contributed by atoms with Crippen LogP contribution < -0.4 is 9.91 Å². The van der Waals surface area contributed by atoms with E-state index in [2.05, 4.69) is 53.3 Å². The third kappa shape index (κ3) is 4.35. The third-order valence-corrected chi connectivity index (χ3v) is 6.41. The van der Waals surface area contributed by atoms with Gasteiger partial charge in [-0.2, -0.15) is 10.1 Å². The number of rotatable bonds is 4. The molecule has 3 aromatic rings. The number of anilines is 3. The van der Waals surface area contributed by atoms with Crippen molar-refractivity contribution in [1.82, 2.24) is 0 Å². The molecule has 176 valence electrons. The first-order chi connectivity index (χ1) is 16.8. The molecule has 0 saturated carbocycles. The van der Waals surface area contributed by atoms with Gasteiger partial charge in [-0.25, -0.2) is 4.79 Å². The van der Waals surface area contributed by atoms with Gasteiger partial charge in [0.1, 0.15) is 0 Å². The summed E-state index contributed by atoms with van der Waals surface area (Å²) in [5.74, 6) is -1.66. The Hall–Kier alpha value is -4.19. The predicted octanol–water partition coefficient (Wildman–Crippen LogP) is 5.57. The lowest BCUT2D eigenvalue weighted by molar-refractivity contribution is -0.129. The molecule has 0 saturated heterocycles. The molecule has 0 aromatic heterocycles. The van der Waals surface area contributed by atoms with Gasteiger partial charge in [-0.15, -0.1) is 0 Å². The van der Waals surface area contributed by atoms with Crippen LogP contribution in [0.5, 0.6) is 0 Å². The van der Waals surface area contributed by atoms with Crippen molar-refractivity contribution in [3.63, 3.8) is 0 Å². The molecule has 0 atom stereocenters. The van der Waals surface area contributed by atoms with Crippen molar-refractivity contribution < 1.29 is 14.7 Å². The Kier molecular flexibility index (Phi) is 5.73. The number of hydrogen-bond acceptors (Lipinski definition) is 4. The first-order valence-corrected chi connectivity index (χ1v) is 11.7. The molecule has 5 rings (SSSR count). The number of fused-ring (bicyclic) bond motifs is 1. The van der Waals surface area contributed by atoms with E-state index in [1.165, 1.54) is 16.1 Å². The van der Waals surface area contributed by atoms with Gasteiger partial charge >= 0.3 is 5.97 Å². The van der Waals surface area contributed by atoms with Crippen LogP contribution in [0.2, 0.25) is 0 Å². The van der Waals surface area contributed by atoms with Crippen LogP contribution in [-0.2, 0) is 16.0 Å². The van der Waals surface area contributed by atoms with Gasteiger partial charge in [-0.1, -0.05) is 29.8 Å². The van der Waals surface area contributed by atoms with Crippen LogP contribution >= 0.6 is 0 Å². The van der Waals surface area contributed by atoms with Gasteiger partial charge in [0.15, 0.2) is 5.71 Å². The largest absolute Gasteiger partial charge is 0.476 e. The fourth-order valence-corrected chi connectivity index (χ4v) is 4.82. The van der Waals surface area contributed by atoms with Crippen molar-refractivity contribution in [2.45, 2.75) is 33.6 Å². The lowest BCUT2D eigenvalue weighted by atomic mass is 9.97. The fourth-order valence-electron chi connectivity index (χ4n) is 4.82. The second-order valence-electron chi connectivity index (χ2n) is 9.25.